The number of hydrogen-bond acceptors (Lipinski definition) is 5. The smallest absolute Gasteiger partial charge is 0.336 e. The maximum Gasteiger partial charge on any atom is 0.336 e. The minimum absolute atomic E-state index is 0.00820. The lowest BCUT2D eigenvalue weighted by atomic mass is 10.3. The average Bonchev–Trinajstić information content (AvgIpc) is 3.06. The molecule has 0 bridgehead atoms. The van der Waals surface area contributed by atoms with Gasteiger partial charge in [-0.3, -0.25) is 0 Å². The Kier molecular flexibility index (Phi) is 3.35. The van der Waals surface area contributed by atoms with Gasteiger partial charge < -0.3 is 14.9 Å². The Labute approximate surface area is 122 Å². The SMILES string of the molecule is CC(C)Oc1nc(-c2ccco2)n(-c2cccc(N)c2)n1. The Balaban J connectivity index is 2.11. The summed E-state index contributed by atoms with van der Waals surface area (Å²) in [6.45, 7) is 3.85. The van der Waals surface area contributed by atoms with E-state index in [0.717, 1.165) is 5.69 Å². The van der Waals surface area contributed by atoms with Gasteiger partial charge in [0.25, 0.3) is 0 Å². The quantitative estimate of drug-likeness (QED) is 0.745. The van der Waals surface area contributed by atoms with Gasteiger partial charge in [0.05, 0.1) is 18.1 Å². The first-order valence-corrected chi connectivity index (χ1v) is 6.67. The topological polar surface area (TPSA) is 79.1 Å². The molecule has 6 nitrogen and oxygen atoms in total. The maximum atomic E-state index is 5.84. The predicted molar refractivity (Wildman–Crippen MR) is 79.2 cm³/mol. The Morgan fingerprint density at radius 1 is 1.24 bits per heavy atom. The van der Waals surface area contributed by atoms with Crippen molar-refractivity contribution >= 4 is 5.69 Å². The molecule has 0 aliphatic rings. The molecule has 6 heteroatoms. The van der Waals surface area contributed by atoms with Gasteiger partial charge in [0, 0.05) is 5.69 Å². The third kappa shape index (κ3) is 2.74. The molecule has 3 rings (SSSR count). The largest absolute Gasteiger partial charge is 0.461 e. The summed E-state index contributed by atoms with van der Waals surface area (Å²) < 4.78 is 12.6. The van der Waals surface area contributed by atoms with Gasteiger partial charge in [0.1, 0.15) is 0 Å². The van der Waals surface area contributed by atoms with E-state index in [1.54, 1.807) is 17.0 Å². The van der Waals surface area contributed by atoms with Gasteiger partial charge in [-0.15, -0.1) is 5.10 Å². The third-order valence-electron chi connectivity index (χ3n) is 2.79. The zero-order valence-electron chi connectivity index (χ0n) is 11.9. The van der Waals surface area contributed by atoms with E-state index in [1.165, 1.54) is 0 Å². The molecular formula is C15H16N4O2. The number of hydrogen-bond donors (Lipinski definition) is 1. The first kappa shape index (κ1) is 13.2. The van der Waals surface area contributed by atoms with Gasteiger partial charge in [-0.25, -0.2) is 4.68 Å². The van der Waals surface area contributed by atoms with E-state index in [2.05, 4.69) is 10.1 Å². The van der Waals surface area contributed by atoms with Crippen molar-refractivity contribution in [2.45, 2.75) is 20.0 Å². The highest BCUT2D eigenvalue weighted by molar-refractivity contribution is 5.55. The lowest BCUT2D eigenvalue weighted by Crippen LogP contribution is -2.07. The lowest BCUT2D eigenvalue weighted by Gasteiger charge is -2.05. The fourth-order valence-corrected chi connectivity index (χ4v) is 1.96. The fraction of sp³-hybridized carbons (Fsp3) is 0.200. The van der Waals surface area contributed by atoms with Crippen molar-refractivity contribution in [2.75, 3.05) is 5.73 Å². The van der Waals surface area contributed by atoms with Crippen LogP contribution in [0.4, 0.5) is 5.69 Å². The van der Waals surface area contributed by atoms with Crippen LogP contribution in [0.15, 0.2) is 47.1 Å². The highest BCUT2D eigenvalue weighted by atomic mass is 16.5. The van der Waals surface area contributed by atoms with Crippen molar-refractivity contribution in [3.63, 3.8) is 0 Å². The number of nitrogens with zero attached hydrogens (tertiary/aromatic N) is 3. The molecule has 0 aliphatic carbocycles. The van der Waals surface area contributed by atoms with E-state index >= 15 is 0 Å². The molecule has 0 aliphatic heterocycles. The molecule has 0 radical (unpaired) electrons. The number of anilines is 1. The van der Waals surface area contributed by atoms with Crippen LogP contribution in [-0.2, 0) is 0 Å². The first-order chi connectivity index (χ1) is 10.1. The minimum Gasteiger partial charge on any atom is -0.461 e. The van der Waals surface area contributed by atoms with Crippen molar-refractivity contribution in [1.82, 2.24) is 14.8 Å². The maximum absolute atomic E-state index is 5.84. The molecule has 3 aromatic rings. The van der Waals surface area contributed by atoms with Crippen molar-refractivity contribution in [2.24, 2.45) is 0 Å². The van der Waals surface area contributed by atoms with Crippen LogP contribution in [-0.4, -0.2) is 20.9 Å². The summed E-state index contributed by atoms with van der Waals surface area (Å²) in [4.78, 5) is 4.39. The molecule has 0 saturated carbocycles. The van der Waals surface area contributed by atoms with E-state index < -0.39 is 0 Å². The van der Waals surface area contributed by atoms with E-state index in [1.807, 2.05) is 44.2 Å². The summed E-state index contributed by atoms with van der Waals surface area (Å²) in [5.41, 5.74) is 7.29. The van der Waals surface area contributed by atoms with Crippen molar-refractivity contribution in [1.29, 1.82) is 0 Å². The summed E-state index contributed by atoms with van der Waals surface area (Å²) in [7, 11) is 0. The molecule has 0 fully saturated rings. The summed E-state index contributed by atoms with van der Waals surface area (Å²) >= 11 is 0. The highest BCUT2D eigenvalue weighted by Gasteiger charge is 2.17. The van der Waals surface area contributed by atoms with Crippen LogP contribution in [0, 0.1) is 0 Å². The molecule has 0 unspecified atom stereocenters. The molecule has 1 aromatic carbocycles. The van der Waals surface area contributed by atoms with E-state index in [0.29, 0.717) is 23.3 Å². The van der Waals surface area contributed by atoms with Crippen LogP contribution in [0.2, 0.25) is 0 Å². The second-order valence-electron chi connectivity index (χ2n) is 4.87. The summed E-state index contributed by atoms with van der Waals surface area (Å²) in [5, 5.41) is 4.39. The van der Waals surface area contributed by atoms with Crippen LogP contribution < -0.4 is 10.5 Å². The van der Waals surface area contributed by atoms with Crippen molar-refractivity contribution in [3.05, 3.63) is 42.7 Å². The lowest BCUT2D eigenvalue weighted by molar-refractivity contribution is 0.222. The van der Waals surface area contributed by atoms with Gasteiger partial charge in [-0.05, 0) is 44.2 Å². The summed E-state index contributed by atoms with van der Waals surface area (Å²) in [6, 6.07) is 11.3. The second kappa shape index (κ2) is 5.32. The van der Waals surface area contributed by atoms with Gasteiger partial charge in [0.15, 0.2) is 5.76 Å². The Hall–Kier alpha value is -2.76. The van der Waals surface area contributed by atoms with Crippen LogP contribution >= 0.6 is 0 Å². The molecule has 2 N–H and O–H groups in total. The van der Waals surface area contributed by atoms with Gasteiger partial charge in [-0.1, -0.05) is 6.07 Å². The number of ether oxygens (including phenoxy) is 1. The van der Waals surface area contributed by atoms with Crippen LogP contribution in [0.1, 0.15) is 13.8 Å². The van der Waals surface area contributed by atoms with E-state index in [-0.39, 0.29) is 6.10 Å². The molecule has 108 valence electrons. The van der Waals surface area contributed by atoms with Gasteiger partial charge >= 0.3 is 6.01 Å². The normalized spacial score (nSPS) is 11.0. The van der Waals surface area contributed by atoms with E-state index in [4.69, 9.17) is 14.9 Å². The number of benzene rings is 1. The summed E-state index contributed by atoms with van der Waals surface area (Å²) in [6.07, 6.45) is 1.59. The molecule has 2 heterocycles. The zero-order chi connectivity index (χ0) is 14.8. The molecule has 0 atom stereocenters. The molecule has 0 saturated heterocycles. The monoisotopic (exact) mass is 284 g/mol. The van der Waals surface area contributed by atoms with Crippen LogP contribution in [0.25, 0.3) is 17.3 Å². The second-order valence-corrected chi connectivity index (χ2v) is 4.87. The molecule has 0 spiro atoms. The molecule has 0 amide bonds. The van der Waals surface area contributed by atoms with Gasteiger partial charge in [-0.2, -0.15) is 4.98 Å². The van der Waals surface area contributed by atoms with Crippen molar-refractivity contribution in [3.8, 4) is 23.3 Å². The number of nitrogens with two attached hydrogens (primary N) is 1. The first-order valence-electron chi connectivity index (χ1n) is 6.67. The predicted octanol–water partition coefficient (Wildman–Crippen LogP) is 2.90. The Bertz CT molecular complexity index is 732. The third-order valence-corrected chi connectivity index (χ3v) is 2.79. The molecule has 21 heavy (non-hydrogen) atoms. The molecule has 2 aromatic heterocycles. The standard InChI is InChI=1S/C15H16N4O2/c1-10(2)21-15-17-14(13-7-4-8-20-13)19(18-15)12-6-3-5-11(16)9-12/h3-10H,16H2,1-2H3. The number of rotatable bonds is 4. The average molecular weight is 284 g/mol. The summed E-state index contributed by atoms with van der Waals surface area (Å²) in [5.74, 6) is 1.18. The van der Waals surface area contributed by atoms with Crippen molar-refractivity contribution < 1.29 is 9.15 Å². The zero-order valence-corrected chi connectivity index (χ0v) is 11.9. The number of furan rings is 1. The Morgan fingerprint density at radius 2 is 2.10 bits per heavy atom. The van der Waals surface area contributed by atoms with Crippen LogP contribution in [0.3, 0.4) is 0 Å². The Morgan fingerprint density at radius 3 is 2.76 bits per heavy atom. The van der Waals surface area contributed by atoms with E-state index in [9.17, 15) is 0 Å². The number of aromatic nitrogens is 3. The minimum atomic E-state index is -0.00820. The highest BCUT2D eigenvalue weighted by Crippen LogP contribution is 2.25. The molecular weight excluding hydrogens is 268 g/mol. The number of nitrogen functional groups attached to an aromatic ring is 1. The van der Waals surface area contributed by atoms with Crippen LogP contribution in [0.5, 0.6) is 6.01 Å². The van der Waals surface area contributed by atoms with Gasteiger partial charge in [0.2, 0.25) is 5.82 Å². The fourth-order valence-electron chi connectivity index (χ4n) is 1.96.